The summed E-state index contributed by atoms with van der Waals surface area (Å²) in [7, 11) is 0. The fourth-order valence-electron chi connectivity index (χ4n) is 5.60. The monoisotopic (exact) mass is 548 g/mol. The average Bonchev–Trinajstić information content (AvgIpc) is 3.00. The maximum Gasteiger partial charge on any atom is 0.332 e. The van der Waals surface area contributed by atoms with Crippen LogP contribution < -0.4 is 0 Å². The van der Waals surface area contributed by atoms with E-state index in [0.29, 0.717) is 19.3 Å². The normalized spacial score (nSPS) is 46.9. The van der Waals surface area contributed by atoms with E-state index in [2.05, 4.69) is 0 Å². The molecule has 3 saturated heterocycles. The number of carbonyl (C=O) groups is 2. The molecule has 3 aliphatic heterocycles. The second-order valence-corrected chi connectivity index (χ2v) is 10.7. The number of carbonyl (C=O) groups excluding carboxylic acids is 1. The van der Waals surface area contributed by atoms with Crippen LogP contribution in [-0.2, 0) is 38.0 Å². The molecular formula is C25H40O13. The fourth-order valence-corrected chi connectivity index (χ4v) is 5.60. The molecule has 5 N–H and O–H groups in total. The lowest BCUT2D eigenvalue weighted by Crippen LogP contribution is -2.63. The molecule has 13 unspecified atom stereocenters. The first-order valence-electron chi connectivity index (χ1n) is 13.4. The van der Waals surface area contributed by atoms with E-state index in [0.717, 1.165) is 12.8 Å². The van der Waals surface area contributed by atoms with Gasteiger partial charge in [0, 0.05) is 6.61 Å². The maximum atomic E-state index is 12.6. The molecule has 0 spiro atoms. The van der Waals surface area contributed by atoms with Crippen molar-refractivity contribution in [3.63, 3.8) is 0 Å². The van der Waals surface area contributed by atoms with E-state index in [-0.39, 0.29) is 18.9 Å². The van der Waals surface area contributed by atoms with Gasteiger partial charge in [-0.15, -0.1) is 0 Å². The molecule has 0 aromatic heterocycles. The number of carboxylic acids is 1. The Morgan fingerprint density at radius 1 is 0.947 bits per heavy atom. The number of aliphatic hydroxyl groups excluding tert-OH is 4. The molecule has 0 aromatic carbocycles. The number of rotatable bonds is 6. The highest BCUT2D eigenvalue weighted by Gasteiger charge is 2.51. The minimum Gasteiger partial charge on any atom is -0.479 e. The molecule has 13 heteroatoms. The third kappa shape index (κ3) is 6.38. The Hall–Kier alpha value is -1.26. The Balaban J connectivity index is 1.54. The van der Waals surface area contributed by atoms with Gasteiger partial charge in [0.25, 0.3) is 0 Å². The summed E-state index contributed by atoms with van der Waals surface area (Å²) >= 11 is 0. The predicted octanol–water partition coefficient (Wildman–Crippen LogP) is -0.902. The van der Waals surface area contributed by atoms with Gasteiger partial charge in [0.15, 0.2) is 12.4 Å². The van der Waals surface area contributed by atoms with Crippen molar-refractivity contribution in [3.05, 3.63) is 0 Å². The highest BCUT2D eigenvalue weighted by Crippen LogP contribution is 2.36. The lowest BCUT2D eigenvalue weighted by atomic mass is 9.85. The SMILES string of the molecule is CC1CCCC(OC2OC(CO)C(O)C3OC(C(=O)O)CCCCOC23)C1OC1OC(C)C(O)C(O)C1=O. The van der Waals surface area contributed by atoms with Gasteiger partial charge in [0.05, 0.1) is 24.9 Å². The van der Waals surface area contributed by atoms with Crippen molar-refractivity contribution < 1.29 is 63.5 Å². The summed E-state index contributed by atoms with van der Waals surface area (Å²) in [4.78, 5) is 24.4. The molecule has 0 aromatic rings. The van der Waals surface area contributed by atoms with Crippen LogP contribution in [0.4, 0.5) is 0 Å². The summed E-state index contributed by atoms with van der Waals surface area (Å²) in [5.74, 6) is -2.01. The average molecular weight is 549 g/mol. The summed E-state index contributed by atoms with van der Waals surface area (Å²) in [6.45, 7) is 3.17. The van der Waals surface area contributed by atoms with Crippen LogP contribution in [0.5, 0.6) is 0 Å². The third-order valence-electron chi connectivity index (χ3n) is 7.90. The predicted molar refractivity (Wildman–Crippen MR) is 126 cm³/mol. The molecule has 4 fully saturated rings. The molecule has 4 rings (SSSR count). The van der Waals surface area contributed by atoms with Crippen LogP contribution in [0.25, 0.3) is 0 Å². The van der Waals surface area contributed by atoms with Crippen LogP contribution >= 0.6 is 0 Å². The molecule has 4 aliphatic rings. The number of Topliss-reactive ketones (excluding diaryl/α,β-unsaturated/α-hetero) is 1. The summed E-state index contributed by atoms with van der Waals surface area (Å²) in [5.41, 5.74) is 0. The number of aliphatic carboxylic acids is 1. The summed E-state index contributed by atoms with van der Waals surface area (Å²) in [5, 5.41) is 50.4. The van der Waals surface area contributed by atoms with E-state index in [1.165, 1.54) is 6.92 Å². The van der Waals surface area contributed by atoms with E-state index in [1.54, 1.807) is 0 Å². The maximum absolute atomic E-state index is 12.6. The van der Waals surface area contributed by atoms with Gasteiger partial charge in [0.2, 0.25) is 12.1 Å². The van der Waals surface area contributed by atoms with Crippen LogP contribution in [0, 0.1) is 5.92 Å². The smallest absolute Gasteiger partial charge is 0.332 e. The third-order valence-corrected chi connectivity index (χ3v) is 7.90. The van der Waals surface area contributed by atoms with Crippen molar-refractivity contribution in [3.8, 4) is 0 Å². The molecule has 1 aliphatic carbocycles. The minimum atomic E-state index is -1.64. The van der Waals surface area contributed by atoms with Crippen LogP contribution in [0.3, 0.4) is 0 Å². The zero-order valence-corrected chi connectivity index (χ0v) is 21.7. The number of fused-ring (bicyclic) bond motifs is 1. The summed E-state index contributed by atoms with van der Waals surface area (Å²) in [6.07, 6.45) is -9.93. The Labute approximate surface area is 220 Å². The standard InChI is InChI=1S/C25H40O13/c1-11-6-5-8-13(20(11)38-24-19(30)18(29)16(27)12(2)34-24)36-25-22-21(17(28)15(10-26)37-25)35-14(23(31)32)7-3-4-9-33-22/h11-18,20-22,24-29H,3-10H2,1-2H3,(H,31,32). The zero-order chi connectivity index (χ0) is 27.6. The highest BCUT2D eigenvalue weighted by atomic mass is 16.7. The van der Waals surface area contributed by atoms with Gasteiger partial charge >= 0.3 is 5.97 Å². The van der Waals surface area contributed by atoms with Gasteiger partial charge < -0.3 is 54.0 Å². The Morgan fingerprint density at radius 3 is 2.42 bits per heavy atom. The molecule has 218 valence electrons. The first kappa shape index (κ1) is 29.7. The van der Waals surface area contributed by atoms with Gasteiger partial charge in [-0.25, -0.2) is 4.79 Å². The molecule has 13 atom stereocenters. The summed E-state index contributed by atoms with van der Waals surface area (Å²) < 4.78 is 35.7. The van der Waals surface area contributed by atoms with E-state index >= 15 is 0 Å². The van der Waals surface area contributed by atoms with Gasteiger partial charge in [-0.2, -0.15) is 0 Å². The molecule has 0 amide bonds. The Bertz CT molecular complexity index is 810. The molecule has 13 nitrogen and oxygen atoms in total. The van der Waals surface area contributed by atoms with Crippen LogP contribution in [-0.4, -0.2) is 124 Å². The number of ketones is 1. The molecule has 0 radical (unpaired) electrons. The summed E-state index contributed by atoms with van der Waals surface area (Å²) in [6, 6.07) is 0. The van der Waals surface area contributed by atoms with Crippen LogP contribution in [0.15, 0.2) is 0 Å². The van der Waals surface area contributed by atoms with E-state index in [1.807, 2.05) is 6.92 Å². The number of aliphatic hydroxyl groups is 4. The largest absolute Gasteiger partial charge is 0.479 e. The number of carboxylic acid groups (broad SMARTS) is 1. The van der Waals surface area contributed by atoms with Crippen LogP contribution in [0.2, 0.25) is 0 Å². The molecule has 38 heavy (non-hydrogen) atoms. The highest BCUT2D eigenvalue weighted by molar-refractivity contribution is 5.87. The zero-order valence-electron chi connectivity index (χ0n) is 21.7. The van der Waals surface area contributed by atoms with Crippen molar-refractivity contribution in [2.45, 2.75) is 126 Å². The van der Waals surface area contributed by atoms with Gasteiger partial charge in [-0.05, 0) is 44.9 Å². The second kappa shape index (κ2) is 12.9. The number of hydrogen-bond acceptors (Lipinski definition) is 12. The Morgan fingerprint density at radius 2 is 1.71 bits per heavy atom. The molecule has 0 bridgehead atoms. The first-order valence-corrected chi connectivity index (χ1v) is 13.4. The topological polar surface area (TPSA) is 191 Å². The second-order valence-electron chi connectivity index (χ2n) is 10.7. The quantitative estimate of drug-likeness (QED) is 0.275. The van der Waals surface area contributed by atoms with Gasteiger partial charge in [-0.1, -0.05) is 13.3 Å². The molecule has 3 heterocycles. The van der Waals surface area contributed by atoms with Crippen LogP contribution in [0.1, 0.15) is 52.4 Å². The van der Waals surface area contributed by atoms with Crippen molar-refractivity contribution in [1.82, 2.24) is 0 Å². The lowest BCUT2D eigenvalue weighted by molar-refractivity contribution is -0.341. The number of hydrogen-bond donors (Lipinski definition) is 5. The van der Waals surface area contributed by atoms with E-state index < -0.39 is 92.0 Å². The fraction of sp³-hybridized carbons (Fsp3) is 0.920. The van der Waals surface area contributed by atoms with Gasteiger partial charge in [0.1, 0.15) is 36.6 Å². The van der Waals surface area contributed by atoms with Gasteiger partial charge in [-0.3, -0.25) is 4.79 Å². The lowest BCUT2D eigenvalue weighted by Gasteiger charge is -2.47. The minimum absolute atomic E-state index is 0.0721. The van der Waals surface area contributed by atoms with E-state index in [4.69, 9.17) is 28.4 Å². The molecular weight excluding hydrogens is 508 g/mol. The van der Waals surface area contributed by atoms with Crippen molar-refractivity contribution in [1.29, 1.82) is 0 Å². The van der Waals surface area contributed by atoms with E-state index in [9.17, 15) is 35.1 Å². The van der Waals surface area contributed by atoms with Crippen molar-refractivity contribution in [2.75, 3.05) is 13.2 Å². The first-order chi connectivity index (χ1) is 18.1. The van der Waals surface area contributed by atoms with Crippen molar-refractivity contribution >= 4 is 11.8 Å². The Kier molecular flexibility index (Phi) is 10.1. The van der Waals surface area contributed by atoms with Crippen molar-refractivity contribution in [2.24, 2.45) is 5.92 Å². The number of ether oxygens (including phenoxy) is 6. The molecule has 1 saturated carbocycles.